The minimum absolute atomic E-state index is 0.0636. The summed E-state index contributed by atoms with van der Waals surface area (Å²) in [5.74, 6) is 0.850. The lowest BCUT2D eigenvalue weighted by Crippen LogP contribution is -2.35. The lowest BCUT2D eigenvalue weighted by molar-refractivity contribution is -0.112. The Labute approximate surface area is 88.5 Å². The van der Waals surface area contributed by atoms with Crippen LogP contribution in [0.3, 0.4) is 0 Å². The second-order valence-corrected chi connectivity index (χ2v) is 8.40. The molecule has 82 valence electrons. The van der Waals surface area contributed by atoms with Gasteiger partial charge in [0.25, 0.3) is 0 Å². The molecule has 0 atom stereocenters. The third kappa shape index (κ3) is 4.09. The Hall–Kier alpha value is -0.573. The van der Waals surface area contributed by atoms with Gasteiger partial charge in [0.15, 0.2) is 5.78 Å². The summed E-state index contributed by atoms with van der Waals surface area (Å²) in [4.78, 5) is 10.9. The molecular weight excluding hydrogens is 192 g/mol. The average molecular weight is 214 g/mol. The second kappa shape index (κ2) is 6.01. The predicted octanol–water partition coefficient (Wildman–Crippen LogP) is 3.50. The fourth-order valence-electron chi connectivity index (χ4n) is 1.62. The van der Waals surface area contributed by atoms with Gasteiger partial charge in [0.05, 0.1) is 5.76 Å². The van der Waals surface area contributed by atoms with Crippen LogP contribution in [-0.2, 0) is 9.22 Å². The molecule has 3 heteroatoms. The molecule has 0 aliphatic heterocycles. The topological polar surface area (TPSA) is 26.3 Å². The molecule has 0 rings (SSSR count). The maximum atomic E-state index is 10.9. The minimum atomic E-state index is -1.57. The molecule has 0 radical (unpaired) electrons. The zero-order valence-electron chi connectivity index (χ0n) is 10.0. The quantitative estimate of drug-likeness (QED) is 0.384. The van der Waals surface area contributed by atoms with Gasteiger partial charge in [-0.2, -0.15) is 0 Å². The number of allylic oxidation sites excluding steroid dienone is 2. The Morgan fingerprint density at radius 3 is 1.86 bits per heavy atom. The minimum Gasteiger partial charge on any atom is -0.547 e. The van der Waals surface area contributed by atoms with Crippen LogP contribution in [0.2, 0.25) is 18.1 Å². The maximum absolute atomic E-state index is 10.9. The fraction of sp³-hybridized carbons (Fsp3) is 0.727. The van der Waals surface area contributed by atoms with E-state index in [4.69, 9.17) is 4.43 Å². The van der Waals surface area contributed by atoms with E-state index in [1.165, 1.54) is 0 Å². The molecule has 2 nitrogen and oxygen atoms in total. The van der Waals surface area contributed by atoms with Crippen LogP contribution in [0.5, 0.6) is 0 Å². The van der Waals surface area contributed by atoms with E-state index in [1.807, 2.05) is 6.92 Å². The molecule has 0 saturated heterocycles. The van der Waals surface area contributed by atoms with Gasteiger partial charge in [0, 0.05) is 6.08 Å². The molecule has 0 N–H and O–H groups in total. The van der Waals surface area contributed by atoms with Gasteiger partial charge in [-0.05, 0) is 32.0 Å². The van der Waals surface area contributed by atoms with Gasteiger partial charge in [0.2, 0.25) is 8.32 Å². The summed E-state index contributed by atoms with van der Waals surface area (Å²) >= 11 is 0. The summed E-state index contributed by atoms with van der Waals surface area (Å²) < 4.78 is 5.98. The summed E-state index contributed by atoms with van der Waals surface area (Å²) in [7, 11) is -1.57. The predicted molar refractivity (Wildman–Crippen MR) is 62.7 cm³/mol. The van der Waals surface area contributed by atoms with Crippen LogP contribution in [0.1, 0.15) is 34.6 Å². The SMILES string of the molecule is CC[Si](CC)(CC)O/C(C)=C\C(C)=O. The first kappa shape index (κ1) is 13.4. The Bertz CT molecular complexity index is 209. The number of rotatable bonds is 6. The van der Waals surface area contributed by atoms with Crippen LogP contribution in [0, 0.1) is 0 Å². The summed E-state index contributed by atoms with van der Waals surface area (Å²) in [6.07, 6.45) is 1.59. The average Bonchev–Trinajstić information content (AvgIpc) is 2.13. The van der Waals surface area contributed by atoms with Crippen LogP contribution in [0.4, 0.5) is 0 Å². The summed E-state index contributed by atoms with van der Waals surface area (Å²) in [5.41, 5.74) is 0. The van der Waals surface area contributed by atoms with E-state index in [0.29, 0.717) is 0 Å². The van der Waals surface area contributed by atoms with Crippen molar-refractivity contribution in [3.05, 3.63) is 11.8 Å². The molecule has 0 saturated carbocycles. The summed E-state index contributed by atoms with van der Waals surface area (Å²) in [6, 6.07) is 3.34. The normalized spacial score (nSPS) is 12.8. The van der Waals surface area contributed by atoms with Crippen molar-refractivity contribution in [2.45, 2.75) is 52.8 Å². The molecule has 0 aromatic rings. The van der Waals surface area contributed by atoms with Crippen molar-refractivity contribution in [1.82, 2.24) is 0 Å². The third-order valence-electron chi connectivity index (χ3n) is 2.72. The zero-order valence-corrected chi connectivity index (χ0v) is 11.0. The Morgan fingerprint density at radius 2 is 1.57 bits per heavy atom. The van der Waals surface area contributed by atoms with Crippen molar-refractivity contribution >= 4 is 14.1 Å². The molecule has 0 aliphatic carbocycles. The van der Waals surface area contributed by atoms with Gasteiger partial charge in [-0.1, -0.05) is 20.8 Å². The smallest absolute Gasteiger partial charge is 0.250 e. The zero-order chi connectivity index (χ0) is 11.2. The number of carbonyl (C=O) groups is 1. The molecule has 0 amide bonds. The molecule has 0 aromatic carbocycles. The van der Waals surface area contributed by atoms with E-state index in [0.717, 1.165) is 23.9 Å². The summed E-state index contributed by atoms with van der Waals surface area (Å²) in [5, 5.41) is 0. The standard InChI is InChI=1S/C11H22O2Si/c1-6-14(7-2,8-3)13-11(5)9-10(4)12/h9H,6-8H2,1-5H3/b11-9-. The number of ketones is 1. The molecule has 0 unspecified atom stereocenters. The van der Waals surface area contributed by atoms with E-state index in [2.05, 4.69) is 20.8 Å². The molecule has 0 aromatic heterocycles. The first-order chi connectivity index (χ1) is 6.49. The van der Waals surface area contributed by atoms with E-state index in [-0.39, 0.29) is 5.78 Å². The van der Waals surface area contributed by atoms with E-state index in [1.54, 1.807) is 13.0 Å². The highest BCUT2D eigenvalue weighted by atomic mass is 28.4. The van der Waals surface area contributed by atoms with Crippen molar-refractivity contribution in [2.75, 3.05) is 0 Å². The van der Waals surface area contributed by atoms with Gasteiger partial charge >= 0.3 is 0 Å². The van der Waals surface area contributed by atoms with Gasteiger partial charge in [-0.3, -0.25) is 4.79 Å². The summed E-state index contributed by atoms with van der Waals surface area (Å²) in [6.45, 7) is 9.98. The molecule has 0 heterocycles. The highest BCUT2D eigenvalue weighted by Gasteiger charge is 2.30. The van der Waals surface area contributed by atoms with Gasteiger partial charge in [-0.25, -0.2) is 0 Å². The van der Waals surface area contributed by atoms with Gasteiger partial charge in [-0.15, -0.1) is 0 Å². The highest BCUT2D eigenvalue weighted by Crippen LogP contribution is 2.24. The lowest BCUT2D eigenvalue weighted by Gasteiger charge is -2.29. The number of hydrogen-bond acceptors (Lipinski definition) is 2. The van der Waals surface area contributed by atoms with E-state index >= 15 is 0 Å². The molecule has 0 aliphatic rings. The molecule has 0 fully saturated rings. The Kier molecular flexibility index (Phi) is 5.77. The van der Waals surface area contributed by atoms with Crippen molar-refractivity contribution in [2.24, 2.45) is 0 Å². The van der Waals surface area contributed by atoms with E-state index < -0.39 is 8.32 Å². The van der Waals surface area contributed by atoms with E-state index in [9.17, 15) is 4.79 Å². The number of hydrogen-bond donors (Lipinski definition) is 0. The van der Waals surface area contributed by atoms with Crippen LogP contribution in [-0.4, -0.2) is 14.1 Å². The first-order valence-corrected chi connectivity index (χ1v) is 7.90. The third-order valence-corrected chi connectivity index (χ3v) is 7.34. The maximum Gasteiger partial charge on any atom is 0.250 e. The van der Waals surface area contributed by atoms with Crippen LogP contribution >= 0.6 is 0 Å². The van der Waals surface area contributed by atoms with Crippen LogP contribution < -0.4 is 0 Å². The van der Waals surface area contributed by atoms with Crippen LogP contribution in [0.15, 0.2) is 11.8 Å². The Morgan fingerprint density at radius 1 is 1.14 bits per heavy atom. The van der Waals surface area contributed by atoms with Crippen molar-refractivity contribution < 1.29 is 9.22 Å². The first-order valence-electron chi connectivity index (χ1n) is 5.37. The van der Waals surface area contributed by atoms with Gasteiger partial charge < -0.3 is 4.43 Å². The van der Waals surface area contributed by atoms with Crippen LogP contribution in [0.25, 0.3) is 0 Å². The fourth-order valence-corrected chi connectivity index (χ4v) is 4.30. The second-order valence-electron chi connectivity index (χ2n) is 3.71. The molecular formula is C11H22O2Si. The van der Waals surface area contributed by atoms with Gasteiger partial charge in [0.1, 0.15) is 0 Å². The number of carbonyl (C=O) groups excluding carboxylic acids is 1. The monoisotopic (exact) mass is 214 g/mol. The van der Waals surface area contributed by atoms with Crippen molar-refractivity contribution in [3.8, 4) is 0 Å². The van der Waals surface area contributed by atoms with Crippen molar-refractivity contribution in [1.29, 1.82) is 0 Å². The highest BCUT2D eigenvalue weighted by molar-refractivity contribution is 6.73. The largest absolute Gasteiger partial charge is 0.547 e. The Balaban J connectivity index is 4.52. The van der Waals surface area contributed by atoms with Crippen molar-refractivity contribution in [3.63, 3.8) is 0 Å². The lowest BCUT2D eigenvalue weighted by atomic mass is 10.4. The molecule has 0 spiro atoms. The molecule has 14 heavy (non-hydrogen) atoms. The molecule has 0 bridgehead atoms.